The van der Waals surface area contributed by atoms with Crippen molar-refractivity contribution >= 4 is 38.1 Å². The number of aryl methyl sites for hydroxylation is 3. The van der Waals surface area contributed by atoms with Gasteiger partial charge in [-0.2, -0.15) is 9.41 Å². The smallest absolute Gasteiger partial charge is 0.255 e. The second-order valence-corrected chi connectivity index (χ2v) is 12.3. The van der Waals surface area contributed by atoms with Gasteiger partial charge in [-0.05, 0) is 75.2 Å². The Morgan fingerprint density at radius 1 is 0.974 bits per heavy atom. The van der Waals surface area contributed by atoms with Gasteiger partial charge in [0.25, 0.3) is 5.91 Å². The van der Waals surface area contributed by atoms with Crippen LogP contribution in [0.5, 0.6) is 0 Å². The van der Waals surface area contributed by atoms with Crippen molar-refractivity contribution in [3.8, 4) is 5.69 Å². The Kier molecular flexibility index (Phi) is 8.84. The molecule has 0 saturated carbocycles. The normalized spacial score (nSPS) is 11.8. The van der Waals surface area contributed by atoms with Gasteiger partial charge in [0, 0.05) is 33.7 Å². The molecule has 1 heterocycles. The van der Waals surface area contributed by atoms with E-state index in [9.17, 15) is 13.2 Å². The number of halogens is 1. The predicted molar refractivity (Wildman–Crippen MR) is 159 cm³/mol. The number of aromatic nitrogens is 1. The summed E-state index contributed by atoms with van der Waals surface area (Å²) >= 11 is 3.33. The maximum absolute atomic E-state index is 13.4. The summed E-state index contributed by atoms with van der Waals surface area (Å²) in [5.41, 5.74) is 9.62. The van der Waals surface area contributed by atoms with Crippen LogP contribution in [-0.2, 0) is 21.4 Å². The summed E-state index contributed by atoms with van der Waals surface area (Å²) in [5.74, 6) is -0.536. The van der Waals surface area contributed by atoms with Gasteiger partial charge in [-0.3, -0.25) is 4.79 Å². The Bertz CT molecular complexity index is 1610. The fraction of sp³-hybridized carbons (Fsp3) is 0.200. The molecule has 0 fully saturated rings. The second-order valence-electron chi connectivity index (χ2n) is 9.46. The van der Waals surface area contributed by atoms with Gasteiger partial charge in [0.1, 0.15) is 0 Å². The van der Waals surface area contributed by atoms with Gasteiger partial charge in [-0.1, -0.05) is 64.0 Å². The first kappa shape index (κ1) is 28.5. The summed E-state index contributed by atoms with van der Waals surface area (Å²) in [6.45, 7) is 7.84. The van der Waals surface area contributed by atoms with Gasteiger partial charge in [-0.15, -0.1) is 0 Å². The molecule has 0 unspecified atom stereocenters. The summed E-state index contributed by atoms with van der Waals surface area (Å²) in [6.07, 6.45) is 1.59. The number of benzene rings is 3. The van der Waals surface area contributed by atoms with E-state index in [4.69, 9.17) is 0 Å². The molecule has 0 saturated heterocycles. The average molecular weight is 608 g/mol. The SMILES string of the molecule is Cc1ccc(-n2c(C)cc(/C=N/NC(=O)CN(Cc3ccccc3)S(=O)(=O)c3ccc(Br)cc3)c2C)c(C)c1. The average Bonchev–Trinajstić information content (AvgIpc) is 3.17. The van der Waals surface area contributed by atoms with E-state index in [-0.39, 0.29) is 18.0 Å². The van der Waals surface area contributed by atoms with Crippen LogP contribution in [0, 0.1) is 27.7 Å². The largest absolute Gasteiger partial charge is 0.318 e. The van der Waals surface area contributed by atoms with Crippen molar-refractivity contribution in [2.45, 2.75) is 39.1 Å². The lowest BCUT2D eigenvalue weighted by atomic mass is 10.1. The molecule has 0 atom stereocenters. The number of rotatable bonds is 9. The first-order chi connectivity index (χ1) is 18.6. The zero-order valence-corrected chi connectivity index (χ0v) is 24.8. The monoisotopic (exact) mass is 606 g/mol. The summed E-state index contributed by atoms with van der Waals surface area (Å²) in [5, 5.41) is 4.15. The summed E-state index contributed by atoms with van der Waals surface area (Å²) in [6, 6.07) is 23.8. The zero-order valence-electron chi connectivity index (χ0n) is 22.3. The molecule has 1 N–H and O–H groups in total. The highest BCUT2D eigenvalue weighted by molar-refractivity contribution is 9.10. The fourth-order valence-electron chi connectivity index (χ4n) is 4.48. The van der Waals surface area contributed by atoms with Crippen LogP contribution in [0.25, 0.3) is 5.69 Å². The van der Waals surface area contributed by atoms with Gasteiger partial charge < -0.3 is 4.57 Å². The molecule has 0 aliphatic carbocycles. The number of hydrazone groups is 1. The molecule has 0 radical (unpaired) electrons. The molecule has 4 rings (SSSR count). The van der Waals surface area contributed by atoms with Gasteiger partial charge in [0.15, 0.2) is 0 Å². The van der Waals surface area contributed by atoms with Crippen LogP contribution >= 0.6 is 15.9 Å². The van der Waals surface area contributed by atoms with E-state index in [2.05, 4.69) is 63.1 Å². The fourth-order valence-corrected chi connectivity index (χ4v) is 6.13. The summed E-state index contributed by atoms with van der Waals surface area (Å²) in [7, 11) is -3.94. The molecular formula is C30H31BrN4O3S. The van der Waals surface area contributed by atoms with Crippen LogP contribution in [0.15, 0.2) is 93.3 Å². The number of nitrogens with zero attached hydrogens (tertiary/aromatic N) is 3. The van der Waals surface area contributed by atoms with Crippen molar-refractivity contribution in [2.75, 3.05) is 6.54 Å². The minimum absolute atomic E-state index is 0.0490. The van der Waals surface area contributed by atoms with Crippen molar-refractivity contribution in [3.63, 3.8) is 0 Å². The molecule has 3 aromatic carbocycles. The molecule has 1 aromatic heterocycles. The van der Waals surface area contributed by atoms with Crippen molar-refractivity contribution < 1.29 is 13.2 Å². The highest BCUT2D eigenvalue weighted by Crippen LogP contribution is 2.24. The number of carbonyl (C=O) groups excluding carboxylic acids is 1. The molecule has 1 amide bonds. The van der Waals surface area contributed by atoms with Crippen LogP contribution < -0.4 is 5.43 Å². The van der Waals surface area contributed by atoms with Crippen LogP contribution in [0.4, 0.5) is 0 Å². The van der Waals surface area contributed by atoms with Crippen LogP contribution in [0.2, 0.25) is 0 Å². The quantitative estimate of drug-likeness (QED) is 0.193. The van der Waals surface area contributed by atoms with Gasteiger partial charge >= 0.3 is 0 Å². The topological polar surface area (TPSA) is 83.8 Å². The summed E-state index contributed by atoms with van der Waals surface area (Å²) < 4.78 is 30.9. The minimum atomic E-state index is -3.94. The molecule has 39 heavy (non-hydrogen) atoms. The van der Waals surface area contributed by atoms with Gasteiger partial charge in [0.2, 0.25) is 10.0 Å². The Labute approximate surface area is 238 Å². The first-order valence-electron chi connectivity index (χ1n) is 12.4. The first-order valence-corrected chi connectivity index (χ1v) is 14.7. The van der Waals surface area contributed by atoms with E-state index < -0.39 is 15.9 Å². The number of sulfonamides is 1. The molecule has 4 aromatic rings. The van der Waals surface area contributed by atoms with E-state index in [1.165, 1.54) is 23.3 Å². The number of hydrogen-bond donors (Lipinski definition) is 1. The van der Waals surface area contributed by atoms with Gasteiger partial charge in [-0.25, -0.2) is 13.8 Å². The van der Waals surface area contributed by atoms with Crippen molar-refractivity contribution in [2.24, 2.45) is 5.10 Å². The van der Waals surface area contributed by atoms with Crippen molar-refractivity contribution in [3.05, 3.63) is 117 Å². The predicted octanol–water partition coefficient (Wildman–Crippen LogP) is 5.81. The molecule has 202 valence electrons. The lowest BCUT2D eigenvalue weighted by Crippen LogP contribution is -2.39. The van der Waals surface area contributed by atoms with Crippen LogP contribution in [0.1, 0.15) is 33.6 Å². The maximum Gasteiger partial charge on any atom is 0.255 e. The molecule has 7 nitrogen and oxygen atoms in total. The number of hydrogen-bond acceptors (Lipinski definition) is 4. The standard InChI is InChI=1S/C30H31BrN4O3S/c1-21-10-15-29(22(2)16-21)35-23(3)17-26(24(35)4)18-32-33-30(36)20-34(19-25-8-6-5-7-9-25)39(37,38)28-13-11-27(31)12-14-28/h5-18H,19-20H2,1-4H3,(H,33,36)/b32-18+. The number of carbonyl (C=O) groups is 1. The molecule has 0 aliphatic rings. The van der Waals surface area contributed by atoms with Crippen molar-refractivity contribution in [1.82, 2.24) is 14.3 Å². The molecule has 0 spiro atoms. The van der Waals surface area contributed by atoms with Gasteiger partial charge in [0.05, 0.1) is 17.7 Å². The Morgan fingerprint density at radius 2 is 1.67 bits per heavy atom. The van der Waals surface area contributed by atoms with E-state index in [1.54, 1.807) is 18.3 Å². The second kappa shape index (κ2) is 12.1. The van der Waals surface area contributed by atoms with E-state index in [1.807, 2.05) is 50.2 Å². The Hall–Kier alpha value is -3.53. The minimum Gasteiger partial charge on any atom is -0.318 e. The van der Waals surface area contributed by atoms with Crippen molar-refractivity contribution in [1.29, 1.82) is 0 Å². The lowest BCUT2D eigenvalue weighted by Gasteiger charge is -2.21. The Balaban J connectivity index is 1.52. The molecule has 0 bridgehead atoms. The van der Waals surface area contributed by atoms with E-state index >= 15 is 0 Å². The third-order valence-corrected chi connectivity index (χ3v) is 8.76. The lowest BCUT2D eigenvalue weighted by molar-refractivity contribution is -0.121. The number of nitrogens with one attached hydrogen (secondary N) is 1. The highest BCUT2D eigenvalue weighted by atomic mass is 79.9. The number of amides is 1. The van der Waals surface area contributed by atoms with Crippen LogP contribution in [-0.4, -0.2) is 36.0 Å². The molecule has 9 heteroatoms. The third kappa shape index (κ3) is 6.73. The zero-order chi connectivity index (χ0) is 28.2. The maximum atomic E-state index is 13.4. The third-order valence-electron chi connectivity index (χ3n) is 6.43. The van der Waals surface area contributed by atoms with E-state index in [0.717, 1.165) is 37.0 Å². The summed E-state index contributed by atoms with van der Waals surface area (Å²) in [4.78, 5) is 13.0. The highest BCUT2D eigenvalue weighted by Gasteiger charge is 2.27. The molecular weight excluding hydrogens is 576 g/mol. The molecule has 0 aliphatic heterocycles. The van der Waals surface area contributed by atoms with Crippen LogP contribution in [0.3, 0.4) is 0 Å². The Morgan fingerprint density at radius 3 is 2.33 bits per heavy atom. The van der Waals surface area contributed by atoms with E-state index in [0.29, 0.717) is 0 Å².